The summed E-state index contributed by atoms with van der Waals surface area (Å²) in [7, 11) is 2.08. The van der Waals surface area contributed by atoms with E-state index in [1.165, 1.54) is 31.2 Å². The molecule has 20 heavy (non-hydrogen) atoms. The van der Waals surface area contributed by atoms with Gasteiger partial charge in [-0.15, -0.1) is 0 Å². The van der Waals surface area contributed by atoms with Crippen LogP contribution in [0, 0.1) is 0 Å². The van der Waals surface area contributed by atoms with E-state index in [1.807, 2.05) is 0 Å². The number of hydrogen-bond donors (Lipinski definition) is 2. The average molecular weight is 270 g/mol. The maximum atomic E-state index is 3.62. The van der Waals surface area contributed by atoms with Crippen molar-refractivity contribution in [3.63, 3.8) is 0 Å². The fourth-order valence-electron chi connectivity index (χ4n) is 4.16. The average Bonchev–Trinajstić information content (AvgIpc) is 2.78. The van der Waals surface area contributed by atoms with Crippen LogP contribution >= 0.6 is 0 Å². The van der Waals surface area contributed by atoms with Crippen molar-refractivity contribution in [3.8, 4) is 0 Å². The highest BCUT2D eigenvalue weighted by Gasteiger charge is 2.44. The fraction of sp³-hybridized carbons (Fsp3) is 0.556. The van der Waals surface area contributed by atoms with Crippen LogP contribution in [0.5, 0.6) is 0 Å². The Morgan fingerprint density at radius 3 is 2.70 bits per heavy atom. The molecule has 0 aromatic heterocycles. The van der Waals surface area contributed by atoms with Crippen LogP contribution in [-0.2, 0) is 5.41 Å². The van der Waals surface area contributed by atoms with E-state index in [1.54, 1.807) is 16.7 Å². The first-order valence-electron chi connectivity index (χ1n) is 8.01. The standard InChI is InChI=1S/C18H26N2/c1-3-20-13-18(12-19-2)16-10-6-4-8-14(16)15-9-5-7-11-17(15)18/h4,6,8,10,19-20H,3,5,7,9,11-13H2,1-2H3. The number of allylic oxidation sites excluding steroid dienone is 1. The van der Waals surface area contributed by atoms with E-state index in [9.17, 15) is 0 Å². The van der Waals surface area contributed by atoms with Crippen LogP contribution in [0.25, 0.3) is 5.57 Å². The van der Waals surface area contributed by atoms with Gasteiger partial charge in [-0.3, -0.25) is 0 Å². The molecule has 0 amide bonds. The monoisotopic (exact) mass is 270 g/mol. The Kier molecular flexibility index (Phi) is 3.95. The van der Waals surface area contributed by atoms with E-state index in [2.05, 4.69) is 48.9 Å². The van der Waals surface area contributed by atoms with Gasteiger partial charge in [-0.1, -0.05) is 36.8 Å². The van der Waals surface area contributed by atoms with Crippen molar-refractivity contribution in [2.45, 2.75) is 38.0 Å². The normalized spacial score (nSPS) is 24.7. The number of hydrogen-bond acceptors (Lipinski definition) is 2. The molecule has 2 heteroatoms. The molecular weight excluding hydrogens is 244 g/mol. The lowest BCUT2D eigenvalue weighted by Crippen LogP contribution is -2.45. The number of rotatable bonds is 5. The minimum absolute atomic E-state index is 0.178. The van der Waals surface area contributed by atoms with Crippen molar-refractivity contribution in [2.24, 2.45) is 0 Å². The first kappa shape index (κ1) is 13.8. The summed E-state index contributed by atoms with van der Waals surface area (Å²) in [6, 6.07) is 9.08. The third-order valence-electron chi connectivity index (χ3n) is 4.97. The predicted octanol–water partition coefficient (Wildman–Crippen LogP) is 3.09. The van der Waals surface area contributed by atoms with Gasteiger partial charge in [0.05, 0.1) is 0 Å². The highest BCUT2D eigenvalue weighted by Crippen LogP contribution is 2.51. The zero-order valence-electron chi connectivity index (χ0n) is 12.8. The van der Waals surface area contributed by atoms with E-state index < -0.39 is 0 Å². The van der Waals surface area contributed by atoms with Gasteiger partial charge in [0.25, 0.3) is 0 Å². The van der Waals surface area contributed by atoms with E-state index in [4.69, 9.17) is 0 Å². The molecule has 2 N–H and O–H groups in total. The third kappa shape index (κ3) is 2.02. The summed E-state index contributed by atoms with van der Waals surface area (Å²) in [5.74, 6) is 0. The number of benzene rings is 1. The zero-order valence-corrected chi connectivity index (χ0v) is 12.8. The van der Waals surface area contributed by atoms with Gasteiger partial charge < -0.3 is 10.6 Å². The molecule has 2 nitrogen and oxygen atoms in total. The Morgan fingerprint density at radius 1 is 1.10 bits per heavy atom. The van der Waals surface area contributed by atoms with Crippen LogP contribution < -0.4 is 10.6 Å². The molecule has 0 radical (unpaired) electrons. The minimum atomic E-state index is 0.178. The van der Waals surface area contributed by atoms with Crippen molar-refractivity contribution in [1.82, 2.24) is 10.6 Å². The van der Waals surface area contributed by atoms with Gasteiger partial charge in [-0.05, 0) is 56.0 Å². The lowest BCUT2D eigenvalue weighted by molar-refractivity contribution is 0.431. The summed E-state index contributed by atoms with van der Waals surface area (Å²) in [5, 5.41) is 7.07. The lowest BCUT2D eigenvalue weighted by atomic mass is 9.74. The molecule has 0 heterocycles. The molecule has 0 bridgehead atoms. The summed E-state index contributed by atoms with van der Waals surface area (Å²) in [6.45, 7) is 5.33. The van der Waals surface area contributed by atoms with Gasteiger partial charge >= 0.3 is 0 Å². The van der Waals surface area contributed by atoms with Crippen molar-refractivity contribution in [3.05, 3.63) is 41.0 Å². The fourth-order valence-corrected chi connectivity index (χ4v) is 4.16. The molecule has 0 saturated heterocycles. The second kappa shape index (κ2) is 5.71. The molecule has 3 rings (SSSR count). The van der Waals surface area contributed by atoms with Gasteiger partial charge in [-0.25, -0.2) is 0 Å². The molecular formula is C18H26N2. The van der Waals surface area contributed by atoms with Crippen molar-refractivity contribution < 1.29 is 0 Å². The molecule has 1 aromatic carbocycles. The number of likely N-dealkylation sites (N-methyl/N-ethyl adjacent to an activating group) is 2. The van der Waals surface area contributed by atoms with Crippen LogP contribution in [0.15, 0.2) is 29.8 Å². The molecule has 0 spiro atoms. The second-order valence-electron chi connectivity index (χ2n) is 6.10. The van der Waals surface area contributed by atoms with Gasteiger partial charge in [0.15, 0.2) is 0 Å². The molecule has 1 aromatic rings. The molecule has 0 aliphatic heterocycles. The van der Waals surface area contributed by atoms with Crippen molar-refractivity contribution in [2.75, 3.05) is 26.7 Å². The molecule has 2 aliphatic rings. The first-order chi connectivity index (χ1) is 9.83. The van der Waals surface area contributed by atoms with Gasteiger partial charge in [0.1, 0.15) is 0 Å². The quantitative estimate of drug-likeness (QED) is 0.859. The van der Waals surface area contributed by atoms with Crippen LogP contribution in [0.2, 0.25) is 0 Å². The molecule has 1 atom stereocenters. The largest absolute Gasteiger partial charge is 0.318 e. The number of nitrogens with one attached hydrogen (secondary N) is 2. The summed E-state index contributed by atoms with van der Waals surface area (Å²) in [4.78, 5) is 0. The molecule has 1 unspecified atom stereocenters. The topological polar surface area (TPSA) is 24.1 Å². The Bertz CT molecular complexity index is 518. The third-order valence-corrected chi connectivity index (χ3v) is 4.97. The summed E-state index contributed by atoms with van der Waals surface area (Å²) >= 11 is 0. The van der Waals surface area contributed by atoms with Crippen LogP contribution in [-0.4, -0.2) is 26.7 Å². The number of fused-ring (bicyclic) bond motifs is 2. The first-order valence-corrected chi connectivity index (χ1v) is 8.01. The Balaban J connectivity index is 2.12. The van der Waals surface area contributed by atoms with E-state index >= 15 is 0 Å². The van der Waals surface area contributed by atoms with Gasteiger partial charge in [0, 0.05) is 18.5 Å². The van der Waals surface area contributed by atoms with Crippen molar-refractivity contribution >= 4 is 5.57 Å². The summed E-state index contributed by atoms with van der Waals surface area (Å²) in [5.41, 5.74) is 6.61. The van der Waals surface area contributed by atoms with Gasteiger partial charge in [-0.2, -0.15) is 0 Å². The van der Waals surface area contributed by atoms with E-state index in [0.717, 1.165) is 19.6 Å². The molecule has 108 valence electrons. The highest BCUT2D eigenvalue weighted by atomic mass is 14.9. The van der Waals surface area contributed by atoms with Crippen LogP contribution in [0.4, 0.5) is 0 Å². The molecule has 0 saturated carbocycles. The summed E-state index contributed by atoms with van der Waals surface area (Å²) in [6.07, 6.45) is 5.25. The van der Waals surface area contributed by atoms with Gasteiger partial charge in [0.2, 0.25) is 0 Å². The van der Waals surface area contributed by atoms with Crippen LogP contribution in [0.3, 0.4) is 0 Å². The Labute approximate surface area is 122 Å². The highest BCUT2D eigenvalue weighted by molar-refractivity contribution is 5.81. The lowest BCUT2D eigenvalue weighted by Gasteiger charge is -2.35. The van der Waals surface area contributed by atoms with E-state index in [0.29, 0.717) is 0 Å². The molecule has 2 aliphatic carbocycles. The minimum Gasteiger partial charge on any atom is -0.318 e. The summed E-state index contributed by atoms with van der Waals surface area (Å²) < 4.78 is 0. The Hall–Kier alpha value is -1.12. The zero-order chi connectivity index (χ0) is 14.0. The Morgan fingerprint density at radius 2 is 1.90 bits per heavy atom. The SMILES string of the molecule is CCNCC1(CNC)C2=C(CCCC2)c2ccccc21. The van der Waals surface area contributed by atoms with Crippen LogP contribution in [0.1, 0.15) is 43.7 Å². The van der Waals surface area contributed by atoms with E-state index in [-0.39, 0.29) is 5.41 Å². The van der Waals surface area contributed by atoms with Crippen molar-refractivity contribution in [1.29, 1.82) is 0 Å². The smallest absolute Gasteiger partial charge is 0.0422 e. The maximum Gasteiger partial charge on any atom is 0.0422 e. The maximum absolute atomic E-state index is 3.62. The predicted molar refractivity (Wildman–Crippen MR) is 86.0 cm³/mol. The second-order valence-corrected chi connectivity index (χ2v) is 6.10. The molecule has 0 fully saturated rings.